The van der Waals surface area contributed by atoms with Gasteiger partial charge in [-0.15, -0.1) is 0 Å². The largest absolute Gasteiger partial charge is 0.465 e. The van der Waals surface area contributed by atoms with E-state index in [0.29, 0.717) is 13.1 Å². The second-order valence-corrected chi connectivity index (χ2v) is 12.0. The second-order valence-electron chi connectivity index (χ2n) is 12.0. The molecule has 0 aliphatic carbocycles. The van der Waals surface area contributed by atoms with Crippen molar-refractivity contribution in [2.24, 2.45) is 5.92 Å². The molecule has 2 heterocycles. The number of hydrogen-bond donors (Lipinski definition) is 4. The Labute approximate surface area is 270 Å². The van der Waals surface area contributed by atoms with Gasteiger partial charge in [-0.3, -0.25) is 9.69 Å². The molecule has 2 saturated heterocycles. The number of rotatable bonds is 12. The van der Waals surface area contributed by atoms with Gasteiger partial charge in [0, 0.05) is 30.6 Å². The zero-order valence-electron chi connectivity index (χ0n) is 26.6. The van der Waals surface area contributed by atoms with Gasteiger partial charge in [-0.1, -0.05) is 67.6 Å². The lowest BCUT2D eigenvalue weighted by atomic mass is 9.89. The summed E-state index contributed by atoms with van der Waals surface area (Å²) < 4.78 is 18.2. The molecule has 46 heavy (non-hydrogen) atoms. The zero-order chi connectivity index (χ0) is 32.5. The topological polar surface area (TPSA) is 130 Å². The smallest absolute Gasteiger partial charge is 0.325 e. The van der Waals surface area contributed by atoms with E-state index in [1.54, 1.807) is 6.92 Å². The number of nitrogens with one attached hydrogen (secondary N) is 2. The van der Waals surface area contributed by atoms with E-state index in [0.717, 1.165) is 52.8 Å². The third kappa shape index (κ3) is 8.51. The number of aliphatic hydroxyl groups is 2. The molecule has 0 spiro atoms. The SMILES string of the molecule is CCOC(=O)CNC(=O)NCc1cccc(-c2cccc(C3OC(CN4CCCC4CO)C(C)C(c4ccc(CO)cc4)O3)c2)c1. The molecular weight excluding hydrogens is 586 g/mol. The molecule has 5 atom stereocenters. The normalized spacial score (nSPS) is 23.2. The number of carbonyl (C=O) groups excluding carboxylic acids is 2. The Balaban J connectivity index is 1.33. The van der Waals surface area contributed by atoms with E-state index < -0.39 is 18.3 Å². The average molecular weight is 632 g/mol. The van der Waals surface area contributed by atoms with E-state index in [2.05, 4.69) is 28.5 Å². The fourth-order valence-corrected chi connectivity index (χ4v) is 6.24. The van der Waals surface area contributed by atoms with Crippen LogP contribution in [0.15, 0.2) is 72.8 Å². The molecule has 2 aliphatic heterocycles. The molecular formula is C36H45N3O7. The molecule has 0 aromatic heterocycles. The maximum Gasteiger partial charge on any atom is 0.325 e. The van der Waals surface area contributed by atoms with Crippen LogP contribution in [0.1, 0.15) is 61.3 Å². The molecule has 2 aliphatic rings. The van der Waals surface area contributed by atoms with Gasteiger partial charge in [0.2, 0.25) is 0 Å². The van der Waals surface area contributed by atoms with Crippen molar-refractivity contribution < 1.29 is 34.0 Å². The van der Waals surface area contributed by atoms with Crippen LogP contribution in [-0.4, -0.2) is 72.1 Å². The van der Waals surface area contributed by atoms with Crippen LogP contribution in [-0.2, 0) is 32.2 Å². The van der Waals surface area contributed by atoms with Crippen LogP contribution in [0.5, 0.6) is 0 Å². The van der Waals surface area contributed by atoms with Gasteiger partial charge in [0.15, 0.2) is 6.29 Å². The highest BCUT2D eigenvalue weighted by atomic mass is 16.7. The van der Waals surface area contributed by atoms with Gasteiger partial charge >= 0.3 is 12.0 Å². The maximum absolute atomic E-state index is 12.2. The Bertz CT molecular complexity index is 1450. The zero-order valence-corrected chi connectivity index (χ0v) is 26.6. The molecule has 10 heteroatoms. The minimum absolute atomic E-state index is 0.0139. The molecule has 0 bridgehead atoms. The summed E-state index contributed by atoms with van der Waals surface area (Å²) in [5.74, 6) is -0.430. The number of aliphatic hydroxyl groups excluding tert-OH is 2. The van der Waals surface area contributed by atoms with Gasteiger partial charge in [-0.25, -0.2) is 4.79 Å². The van der Waals surface area contributed by atoms with Crippen LogP contribution < -0.4 is 10.6 Å². The van der Waals surface area contributed by atoms with Gasteiger partial charge in [0.25, 0.3) is 0 Å². The minimum atomic E-state index is -0.605. The van der Waals surface area contributed by atoms with Crippen molar-refractivity contribution in [1.82, 2.24) is 15.5 Å². The average Bonchev–Trinajstić information content (AvgIpc) is 3.55. The summed E-state index contributed by atoms with van der Waals surface area (Å²) in [6, 6.07) is 23.6. The van der Waals surface area contributed by atoms with Crippen molar-refractivity contribution in [2.75, 3.05) is 32.8 Å². The van der Waals surface area contributed by atoms with Crippen molar-refractivity contribution in [1.29, 1.82) is 0 Å². The summed E-state index contributed by atoms with van der Waals surface area (Å²) in [7, 11) is 0. The fraction of sp³-hybridized carbons (Fsp3) is 0.444. The van der Waals surface area contributed by atoms with Crippen LogP contribution in [0, 0.1) is 5.92 Å². The number of likely N-dealkylation sites (tertiary alicyclic amines) is 1. The summed E-state index contributed by atoms with van der Waals surface area (Å²) in [6.45, 7) is 6.01. The number of ether oxygens (including phenoxy) is 3. The number of amides is 2. The third-order valence-corrected chi connectivity index (χ3v) is 8.82. The Kier molecular flexibility index (Phi) is 11.8. The Morgan fingerprint density at radius 2 is 1.70 bits per heavy atom. The predicted octanol–water partition coefficient (Wildman–Crippen LogP) is 4.46. The Morgan fingerprint density at radius 3 is 2.43 bits per heavy atom. The molecule has 5 rings (SSSR count). The summed E-state index contributed by atoms with van der Waals surface area (Å²) >= 11 is 0. The summed E-state index contributed by atoms with van der Waals surface area (Å²) in [5.41, 5.74) is 5.65. The molecule has 3 aromatic rings. The lowest BCUT2D eigenvalue weighted by Crippen LogP contribution is -2.46. The first-order valence-corrected chi connectivity index (χ1v) is 16.1. The van der Waals surface area contributed by atoms with Gasteiger partial charge < -0.3 is 35.1 Å². The van der Waals surface area contributed by atoms with Gasteiger partial charge in [0.05, 0.1) is 32.0 Å². The maximum atomic E-state index is 12.2. The van der Waals surface area contributed by atoms with Crippen molar-refractivity contribution in [3.63, 3.8) is 0 Å². The highest BCUT2D eigenvalue weighted by Crippen LogP contribution is 2.43. The Hall–Kier alpha value is -3.80. The number of hydrogen-bond acceptors (Lipinski definition) is 8. The van der Waals surface area contributed by atoms with E-state index in [4.69, 9.17) is 14.2 Å². The van der Waals surface area contributed by atoms with Crippen molar-refractivity contribution in [3.8, 4) is 11.1 Å². The molecule has 5 unspecified atom stereocenters. The van der Waals surface area contributed by atoms with E-state index in [9.17, 15) is 19.8 Å². The third-order valence-electron chi connectivity index (χ3n) is 8.82. The molecule has 2 amide bonds. The molecule has 3 aromatic carbocycles. The van der Waals surface area contributed by atoms with Crippen molar-refractivity contribution in [3.05, 3.63) is 95.1 Å². The van der Waals surface area contributed by atoms with Crippen LogP contribution in [0.2, 0.25) is 0 Å². The summed E-state index contributed by atoms with van der Waals surface area (Å²) in [6.07, 6.45) is 1.10. The van der Waals surface area contributed by atoms with E-state index in [-0.39, 0.29) is 50.5 Å². The van der Waals surface area contributed by atoms with Crippen molar-refractivity contribution >= 4 is 12.0 Å². The molecule has 246 valence electrons. The van der Waals surface area contributed by atoms with Crippen LogP contribution in [0.25, 0.3) is 11.1 Å². The number of nitrogens with zero attached hydrogens (tertiary/aromatic N) is 1. The van der Waals surface area contributed by atoms with Gasteiger partial charge in [0.1, 0.15) is 6.54 Å². The predicted molar refractivity (Wildman–Crippen MR) is 173 cm³/mol. The van der Waals surface area contributed by atoms with Gasteiger partial charge in [-0.05, 0) is 66.3 Å². The van der Waals surface area contributed by atoms with E-state index >= 15 is 0 Å². The fourth-order valence-electron chi connectivity index (χ4n) is 6.24. The number of benzene rings is 3. The highest BCUT2D eigenvalue weighted by molar-refractivity contribution is 5.80. The summed E-state index contributed by atoms with van der Waals surface area (Å²) in [4.78, 5) is 26.0. The van der Waals surface area contributed by atoms with Crippen LogP contribution in [0.4, 0.5) is 4.79 Å². The standard InChI is InChI=1S/C36H45N3O7/c1-3-44-33(42)20-38-36(43)37-19-26-7-4-8-28(17-26)29-9-5-10-30(18-29)35-45-32(21-39-16-6-11-31(39)23-41)24(2)34(46-35)27-14-12-25(22-40)13-15-27/h4-5,7-10,12-15,17-18,24,31-32,34-35,40-41H,3,6,11,16,19-23H2,1-2H3,(H2,37,38,43). The first kappa shape index (κ1) is 33.6. The quantitative estimate of drug-likeness (QED) is 0.216. The molecule has 0 radical (unpaired) electrons. The lowest BCUT2D eigenvalue weighted by molar-refractivity contribution is -0.276. The summed E-state index contributed by atoms with van der Waals surface area (Å²) in [5, 5.41) is 24.8. The van der Waals surface area contributed by atoms with E-state index in [1.807, 2.05) is 66.7 Å². The number of carbonyl (C=O) groups is 2. The molecule has 10 nitrogen and oxygen atoms in total. The first-order valence-electron chi connectivity index (χ1n) is 16.1. The first-order chi connectivity index (χ1) is 22.4. The molecule has 2 fully saturated rings. The highest BCUT2D eigenvalue weighted by Gasteiger charge is 2.40. The van der Waals surface area contributed by atoms with Crippen LogP contribution in [0.3, 0.4) is 0 Å². The molecule has 0 saturated carbocycles. The van der Waals surface area contributed by atoms with Crippen molar-refractivity contribution in [2.45, 2.75) is 64.4 Å². The number of esters is 1. The monoisotopic (exact) mass is 631 g/mol. The molecule has 4 N–H and O–H groups in total. The van der Waals surface area contributed by atoms with Gasteiger partial charge in [-0.2, -0.15) is 0 Å². The number of urea groups is 1. The lowest BCUT2D eigenvalue weighted by Gasteiger charge is -2.43. The van der Waals surface area contributed by atoms with Crippen LogP contribution >= 0.6 is 0 Å². The Morgan fingerprint density at radius 1 is 0.935 bits per heavy atom. The minimum Gasteiger partial charge on any atom is -0.465 e. The van der Waals surface area contributed by atoms with E-state index in [1.165, 1.54) is 0 Å². The second kappa shape index (κ2) is 16.2.